The lowest BCUT2D eigenvalue weighted by atomic mass is 9.62. The summed E-state index contributed by atoms with van der Waals surface area (Å²) in [6.07, 6.45) is -1.01. The summed E-state index contributed by atoms with van der Waals surface area (Å²) >= 11 is 12.3. The van der Waals surface area contributed by atoms with E-state index >= 15 is 8.78 Å². The molecule has 3 N–H and O–H groups in total. The Labute approximate surface area is 301 Å². The van der Waals surface area contributed by atoms with Crippen LogP contribution < -0.4 is 15.5 Å². The number of carbonyl (C=O) groups excluding carboxylic acids is 3. The van der Waals surface area contributed by atoms with Crippen LogP contribution in [0.5, 0.6) is 5.75 Å². The Morgan fingerprint density at radius 3 is 2.51 bits per heavy atom. The number of esters is 1. The molecule has 2 amide bonds. The van der Waals surface area contributed by atoms with E-state index in [0.717, 1.165) is 6.07 Å². The minimum absolute atomic E-state index is 0.0536. The van der Waals surface area contributed by atoms with E-state index in [1.807, 2.05) is 26.1 Å². The molecule has 0 aromatic heterocycles. The summed E-state index contributed by atoms with van der Waals surface area (Å²) in [5, 5.41) is 25.9. The summed E-state index contributed by atoms with van der Waals surface area (Å²) in [5.74, 6) is -6.21. The molecule has 0 radical (unpaired) electrons. The number of ether oxygens (including phenoxy) is 2. The summed E-state index contributed by atoms with van der Waals surface area (Å²) < 4.78 is 41.9. The molecule has 16 heteroatoms. The quantitative estimate of drug-likeness (QED) is 0.170. The Morgan fingerprint density at radius 1 is 1.14 bits per heavy atom. The number of benzene rings is 3. The van der Waals surface area contributed by atoms with Gasteiger partial charge in [-0.25, -0.2) is 18.4 Å². The highest BCUT2D eigenvalue weighted by Gasteiger charge is 2.67. The minimum atomic E-state index is -1.97. The van der Waals surface area contributed by atoms with Gasteiger partial charge < -0.3 is 30.1 Å². The summed E-state index contributed by atoms with van der Waals surface area (Å²) in [6.45, 7) is 5.97. The fraction of sp³-hybridized carbons (Fsp3) is 0.343. The molecule has 0 spiro atoms. The second-order valence-corrected chi connectivity index (χ2v) is 14.1. The largest absolute Gasteiger partial charge is 0.480 e. The topological polar surface area (TPSA) is 167 Å². The first kappa shape index (κ1) is 37.3. The summed E-state index contributed by atoms with van der Waals surface area (Å²) in [7, 11) is 0. The van der Waals surface area contributed by atoms with Crippen molar-refractivity contribution >= 4 is 52.8 Å². The molecule has 1 fully saturated rings. The number of anilines is 1. The fourth-order valence-electron chi connectivity index (χ4n) is 6.42. The van der Waals surface area contributed by atoms with E-state index in [2.05, 4.69) is 11.4 Å². The third-order valence-electron chi connectivity index (χ3n) is 8.63. The Balaban J connectivity index is 1.59. The molecule has 51 heavy (non-hydrogen) atoms. The number of carbonyl (C=O) groups is 4. The first-order chi connectivity index (χ1) is 24.0. The number of amides is 2. The molecule has 5 atom stereocenters. The lowest BCUT2D eigenvalue weighted by Crippen LogP contribution is -2.48. The van der Waals surface area contributed by atoms with Crippen LogP contribution in [-0.4, -0.2) is 59.0 Å². The van der Waals surface area contributed by atoms with Crippen molar-refractivity contribution in [3.8, 4) is 11.8 Å². The van der Waals surface area contributed by atoms with Crippen molar-refractivity contribution in [2.75, 3.05) is 12.1 Å². The van der Waals surface area contributed by atoms with Crippen LogP contribution in [0.4, 0.5) is 19.3 Å². The maximum absolute atomic E-state index is 16.1. The van der Waals surface area contributed by atoms with Crippen LogP contribution >= 0.6 is 23.2 Å². The minimum Gasteiger partial charge on any atom is -0.480 e. The van der Waals surface area contributed by atoms with Crippen molar-refractivity contribution < 1.29 is 47.4 Å². The number of fused-ring (bicyclic) bond motifs is 2. The third-order valence-corrected chi connectivity index (χ3v) is 9.16. The number of alkyl carbamates (subject to hydrolysis) is 1. The van der Waals surface area contributed by atoms with E-state index in [4.69, 9.17) is 42.6 Å². The summed E-state index contributed by atoms with van der Waals surface area (Å²) in [4.78, 5) is 56.4. The number of carboxylic acids is 1. The van der Waals surface area contributed by atoms with Crippen LogP contribution in [0.3, 0.4) is 0 Å². The lowest BCUT2D eigenvalue weighted by Gasteiger charge is -2.38. The highest BCUT2D eigenvalue weighted by molar-refractivity contribution is 6.31. The van der Waals surface area contributed by atoms with Gasteiger partial charge in [0, 0.05) is 16.5 Å². The van der Waals surface area contributed by atoms with E-state index < -0.39 is 77.2 Å². The average molecular weight is 746 g/mol. The molecule has 2 heterocycles. The number of aliphatic carboxylic acids is 1. The van der Waals surface area contributed by atoms with Crippen LogP contribution in [0.1, 0.15) is 61.5 Å². The Bertz CT molecular complexity index is 1950. The molecule has 3 aromatic rings. The molecule has 3 aromatic carbocycles. The SMILES string of the molecule is C[C@H](NC(=O)OCOC(=O)c1ccc2c(c1)ON1C(CC(C)(C)C)[C@](C#N)(c3ccc(Cl)cc3F)C(c3cccc(Cl)c3F)[C@@H]1C(=O)N2)C(=O)O. The number of halogens is 4. The zero-order valence-corrected chi connectivity index (χ0v) is 29.1. The first-order valence-electron chi connectivity index (χ1n) is 15.5. The van der Waals surface area contributed by atoms with E-state index in [9.17, 15) is 24.4 Å². The second-order valence-electron chi connectivity index (χ2n) is 13.3. The molecular formula is C35H32Cl2F2N4O8. The van der Waals surface area contributed by atoms with E-state index in [1.165, 1.54) is 60.5 Å². The molecule has 0 aliphatic carbocycles. The van der Waals surface area contributed by atoms with Crippen molar-refractivity contribution in [3.63, 3.8) is 0 Å². The zero-order valence-electron chi connectivity index (χ0n) is 27.6. The molecule has 2 unspecified atom stereocenters. The molecule has 268 valence electrons. The number of nitriles is 1. The third kappa shape index (κ3) is 7.28. The van der Waals surface area contributed by atoms with Gasteiger partial charge >= 0.3 is 18.0 Å². The number of hydroxylamine groups is 2. The van der Waals surface area contributed by atoms with Crippen LogP contribution in [0.25, 0.3) is 0 Å². The van der Waals surface area contributed by atoms with Crippen molar-refractivity contribution in [1.82, 2.24) is 10.4 Å². The van der Waals surface area contributed by atoms with Crippen molar-refractivity contribution in [3.05, 3.63) is 93.0 Å². The average Bonchev–Trinajstić information content (AvgIpc) is 3.21. The molecule has 1 saturated heterocycles. The van der Waals surface area contributed by atoms with E-state index in [-0.39, 0.29) is 44.6 Å². The summed E-state index contributed by atoms with van der Waals surface area (Å²) in [5.41, 5.74) is -2.80. The monoisotopic (exact) mass is 744 g/mol. The van der Waals surface area contributed by atoms with Gasteiger partial charge in [0.1, 0.15) is 29.1 Å². The van der Waals surface area contributed by atoms with Crippen LogP contribution in [-0.2, 0) is 24.5 Å². The standard InChI is InChI=1S/C35H32Cl2F2N4O8/c1-17(31(45)46)41-33(48)50-16-49-32(47)18-8-11-24-25(12-18)51-43-26(14-34(2,3)4)35(15-40,21-10-9-19(36)13-23(21)38)27(29(43)30(44)42-24)20-6-5-7-22(37)28(20)39/h5-13,17,26-27,29H,14,16H2,1-4H3,(H,41,48)(H,42,44)(H,45,46)/t17-,26?,27?,29+,35-/m0/s1. The zero-order chi connectivity index (χ0) is 37.4. The van der Waals surface area contributed by atoms with Crippen LogP contribution in [0.15, 0.2) is 54.6 Å². The Hall–Kier alpha value is -4.97. The van der Waals surface area contributed by atoms with Gasteiger partial charge in [0.25, 0.3) is 0 Å². The molecule has 12 nitrogen and oxygen atoms in total. The predicted molar refractivity (Wildman–Crippen MR) is 179 cm³/mol. The summed E-state index contributed by atoms with van der Waals surface area (Å²) in [6, 6.07) is 10.3. The number of carboxylic acid groups (broad SMARTS) is 1. The predicted octanol–water partition coefficient (Wildman–Crippen LogP) is 6.57. The fourth-order valence-corrected chi connectivity index (χ4v) is 6.76. The first-order valence-corrected chi connectivity index (χ1v) is 16.3. The molecular weight excluding hydrogens is 713 g/mol. The lowest BCUT2D eigenvalue weighted by molar-refractivity contribution is -0.142. The molecule has 5 rings (SSSR count). The van der Waals surface area contributed by atoms with E-state index in [0.29, 0.717) is 0 Å². The van der Waals surface area contributed by atoms with Gasteiger partial charge in [-0.05, 0) is 60.7 Å². The smallest absolute Gasteiger partial charge is 0.410 e. The van der Waals surface area contributed by atoms with E-state index in [1.54, 1.807) is 0 Å². The van der Waals surface area contributed by atoms with Gasteiger partial charge in [-0.15, -0.1) is 5.06 Å². The molecule has 0 saturated carbocycles. The molecule has 2 aliphatic rings. The highest BCUT2D eigenvalue weighted by Crippen LogP contribution is 2.57. The number of rotatable bonds is 8. The molecule has 2 aliphatic heterocycles. The Morgan fingerprint density at radius 2 is 1.86 bits per heavy atom. The maximum atomic E-state index is 16.1. The Kier molecular flexibility index (Phi) is 10.5. The highest BCUT2D eigenvalue weighted by atomic mass is 35.5. The number of nitrogens with one attached hydrogen (secondary N) is 2. The van der Waals surface area contributed by atoms with Gasteiger partial charge in [0.2, 0.25) is 12.7 Å². The number of nitrogens with zero attached hydrogens (tertiary/aromatic N) is 2. The van der Waals surface area contributed by atoms with Gasteiger partial charge in [0.15, 0.2) is 5.75 Å². The van der Waals surface area contributed by atoms with Gasteiger partial charge in [-0.2, -0.15) is 5.26 Å². The van der Waals surface area contributed by atoms with Crippen LogP contribution in [0.2, 0.25) is 10.0 Å². The number of hydrogen-bond donors (Lipinski definition) is 3. The maximum Gasteiger partial charge on any atom is 0.410 e. The van der Waals surface area contributed by atoms with Crippen molar-refractivity contribution in [2.45, 2.75) is 63.6 Å². The van der Waals surface area contributed by atoms with Crippen LogP contribution in [0, 0.1) is 28.4 Å². The van der Waals surface area contributed by atoms with Crippen molar-refractivity contribution in [2.24, 2.45) is 5.41 Å². The molecule has 0 bridgehead atoms. The van der Waals surface area contributed by atoms with Crippen molar-refractivity contribution in [1.29, 1.82) is 5.26 Å². The normalized spacial score (nSPS) is 21.9. The van der Waals surface area contributed by atoms with Gasteiger partial charge in [-0.3, -0.25) is 9.59 Å². The second kappa shape index (κ2) is 14.3. The van der Waals surface area contributed by atoms with Gasteiger partial charge in [-0.1, -0.05) is 62.2 Å². The van der Waals surface area contributed by atoms with Gasteiger partial charge in [0.05, 0.1) is 28.4 Å². The number of hydrogen-bond acceptors (Lipinski definition) is 9.